The van der Waals surface area contributed by atoms with E-state index < -0.39 is 24.8 Å². The zero-order valence-corrected chi connectivity index (χ0v) is 24.6. The number of aliphatic hydroxyl groups is 1. The van der Waals surface area contributed by atoms with E-state index in [9.17, 15) is 19.0 Å². The number of hydrogen-bond donors (Lipinski definition) is 4. The number of nitrogens with two attached hydrogens (primary N) is 1. The summed E-state index contributed by atoms with van der Waals surface area (Å²) in [5.41, 5.74) is 6.71. The molecular weight excluding hydrogens is 600 g/mol. The Morgan fingerprint density at radius 2 is 1.91 bits per heavy atom. The smallest absolute Gasteiger partial charge is 0.376 e. The molecule has 1 aliphatic rings. The monoisotopic (exact) mass is 626 g/mol. The van der Waals surface area contributed by atoms with Crippen molar-refractivity contribution >= 4 is 60.9 Å². The fourth-order valence-electron chi connectivity index (χ4n) is 4.51. The van der Waals surface area contributed by atoms with Crippen LogP contribution in [0.15, 0.2) is 42.5 Å². The van der Waals surface area contributed by atoms with Gasteiger partial charge in [-0.15, -0.1) is 16.0 Å². The summed E-state index contributed by atoms with van der Waals surface area (Å²) in [6.45, 7) is 4.05. The van der Waals surface area contributed by atoms with E-state index in [2.05, 4.69) is 21.3 Å². The second-order valence-corrected chi connectivity index (χ2v) is 10.5. The van der Waals surface area contributed by atoms with Gasteiger partial charge in [0.25, 0.3) is 19.1 Å². The van der Waals surface area contributed by atoms with E-state index in [0.29, 0.717) is 37.4 Å². The Kier molecular flexibility index (Phi) is 10.7. The first kappa shape index (κ1) is 31.9. The average Bonchev–Trinajstić information content (AvgIpc) is 3.25. The average molecular weight is 627 g/mol. The molecule has 0 aliphatic carbocycles. The molecule has 1 atom stereocenters. The number of amides is 2. The predicted octanol–water partition coefficient (Wildman–Crippen LogP) is 2.82. The normalized spacial score (nSPS) is 14.1. The van der Waals surface area contributed by atoms with Crippen molar-refractivity contribution < 1.29 is 28.8 Å². The van der Waals surface area contributed by atoms with Crippen LogP contribution in [-0.4, -0.2) is 82.4 Å². The summed E-state index contributed by atoms with van der Waals surface area (Å²) in [5, 5.41) is 28.9. The summed E-state index contributed by atoms with van der Waals surface area (Å²) in [5.74, 6) is 0.645. The van der Waals surface area contributed by atoms with Crippen LogP contribution in [0.1, 0.15) is 38.8 Å². The number of aromatic nitrogens is 2. The van der Waals surface area contributed by atoms with Crippen LogP contribution in [0.3, 0.4) is 0 Å². The molecule has 0 bridgehead atoms. The molecule has 2 aromatic carbocycles. The van der Waals surface area contributed by atoms with Crippen LogP contribution in [0, 0.1) is 17.7 Å². The Morgan fingerprint density at radius 1 is 1.16 bits per heavy atom. The molecular formula is C27H27B2Cl2FN6O5. The fourth-order valence-corrected chi connectivity index (χ4v) is 5.12. The Morgan fingerprint density at radius 3 is 2.60 bits per heavy atom. The number of carbonyl (C=O) groups excluding carboxylic acids is 2. The highest BCUT2D eigenvalue weighted by molar-refractivity contribution is 6.49. The number of benzene rings is 2. The standard InChI is InChI=1S/C27H27B2Cl2FN6O5/c1-29(42)38-11-2-10-37(12-13-38)27(41)16-3-5-17(6-4-16)34-26(40)20-15-21(25(33)36-35-20)43-24(28-9-14-39)22-18(30)7-8-19(32)23(22)31/h3-8,15,24,28,39,42H,2,10-13H2,1H3,(H2,33,36)(H,34,40)/t24-/m0/s1. The molecule has 222 valence electrons. The number of hydrogen-bond acceptors (Lipinski definition) is 9. The Bertz CT molecular complexity index is 1560. The van der Waals surface area contributed by atoms with E-state index in [1.807, 2.05) is 4.81 Å². The van der Waals surface area contributed by atoms with Crippen LogP contribution in [0.5, 0.6) is 5.75 Å². The lowest BCUT2D eigenvalue weighted by Crippen LogP contribution is -2.40. The SMILES string of the molecule is CB(O)N1CCCN(C(=O)c2ccc(NC(=O)c3cc(O[C@H](BC#CO)c4c(Cl)ccc(F)c4Cl)c(N)nn3)cc2)CC1. The van der Waals surface area contributed by atoms with E-state index in [4.69, 9.17) is 38.8 Å². The molecule has 11 nitrogen and oxygen atoms in total. The van der Waals surface area contributed by atoms with Crippen molar-refractivity contribution in [1.29, 1.82) is 0 Å². The van der Waals surface area contributed by atoms with E-state index in [1.165, 1.54) is 12.1 Å². The molecule has 0 unspecified atom stereocenters. The first-order valence-electron chi connectivity index (χ1n) is 13.3. The Labute approximate surface area is 258 Å². The van der Waals surface area contributed by atoms with Crippen molar-refractivity contribution in [3.63, 3.8) is 0 Å². The highest BCUT2D eigenvalue weighted by atomic mass is 35.5. The molecule has 0 saturated carbocycles. The molecule has 3 aromatic rings. The van der Waals surface area contributed by atoms with E-state index in [1.54, 1.807) is 42.1 Å². The number of nitrogens with one attached hydrogen (secondary N) is 1. The zero-order valence-electron chi connectivity index (χ0n) is 23.1. The van der Waals surface area contributed by atoms with E-state index >= 15 is 0 Å². The van der Waals surface area contributed by atoms with Gasteiger partial charge in [-0.2, -0.15) is 0 Å². The van der Waals surface area contributed by atoms with Crippen molar-refractivity contribution in [2.24, 2.45) is 0 Å². The van der Waals surface area contributed by atoms with Gasteiger partial charge in [-0.1, -0.05) is 23.2 Å². The maximum absolute atomic E-state index is 14.2. The highest BCUT2D eigenvalue weighted by Gasteiger charge is 2.26. The minimum absolute atomic E-state index is 0.0726. The number of rotatable bonds is 8. The van der Waals surface area contributed by atoms with Crippen molar-refractivity contribution in [2.45, 2.75) is 19.2 Å². The van der Waals surface area contributed by atoms with Gasteiger partial charge in [0.05, 0.1) is 11.1 Å². The lowest BCUT2D eigenvalue weighted by atomic mass is 9.69. The van der Waals surface area contributed by atoms with Gasteiger partial charge in [0.15, 0.2) is 17.3 Å². The van der Waals surface area contributed by atoms with Crippen LogP contribution < -0.4 is 15.8 Å². The topological polar surface area (TPSA) is 154 Å². The number of nitrogens with zero attached hydrogens (tertiary/aromatic N) is 4. The zero-order chi connectivity index (χ0) is 31.1. The minimum Gasteiger partial charge on any atom is -0.489 e. The first-order valence-corrected chi connectivity index (χ1v) is 14.0. The summed E-state index contributed by atoms with van der Waals surface area (Å²) < 4.78 is 20.1. The van der Waals surface area contributed by atoms with Gasteiger partial charge < -0.3 is 35.6 Å². The molecule has 1 aromatic heterocycles. The lowest BCUT2D eigenvalue weighted by molar-refractivity contribution is 0.0763. The number of aliphatic hydroxyl groups excluding tert-OH is 1. The molecule has 16 heteroatoms. The van der Waals surface area contributed by atoms with Crippen molar-refractivity contribution in [1.82, 2.24) is 19.9 Å². The van der Waals surface area contributed by atoms with Gasteiger partial charge in [-0.05, 0) is 56.2 Å². The maximum Gasteiger partial charge on any atom is 0.376 e. The summed E-state index contributed by atoms with van der Waals surface area (Å²) >= 11 is 12.4. The predicted molar refractivity (Wildman–Crippen MR) is 163 cm³/mol. The molecule has 2 heterocycles. The van der Waals surface area contributed by atoms with Crippen LogP contribution >= 0.6 is 23.2 Å². The maximum atomic E-state index is 14.2. The van der Waals surface area contributed by atoms with Gasteiger partial charge >= 0.3 is 7.05 Å². The van der Waals surface area contributed by atoms with Crippen LogP contribution in [-0.2, 0) is 0 Å². The third-order valence-corrected chi connectivity index (χ3v) is 7.51. The van der Waals surface area contributed by atoms with E-state index in [-0.39, 0.29) is 46.1 Å². The number of carbonyl (C=O) groups is 2. The first-order chi connectivity index (χ1) is 20.6. The number of ether oxygens (including phenoxy) is 1. The molecule has 1 fully saturated rings. The van der Waals surface area contributed by atoms with Crippen LogP contribution in [0.2, 0.25) is 16.9 Å². The summed E-state index contributed by atoms with van der Waals surface area (Å²) in [6.07, 6.45) is 2.50. The molecule has 43 heavy (non-hydrogen) atoms. The molecule has 0 radical (unpaired) electrons. The van der Waals surface area contributed by atoms with Crippen LogP contribution in [0.4, 0.5) is 15.9 Å². The van der Waals surface area contributed by atoms with Gasteiger partial charge in [0.1, 0.15) is 11.8 Å². The highest BCUT2D eigenvalue weighted by Crippen LogP contribution is 2.35. The van der Waals surface area contributed by atoms with Crippen molar-refractivity contribution in [3.05, 3.63) is 75.1 Å². The molecule has 4 rings (SSSR count). The van der Waals surface area contributed by atoms with Crippen molar-refractivity contribution in [3.8, 4) is 17.7 Å². The number of anilines is 2. The van der Waals surface area contributed by atoms with Gasteiger partial charge in [-0.3, -0.25) is 9.59 Å². The minimum atomic E-state index is -1.08. The summed E-state index contributed by atoms with van der Waals surface area (Å²) in [7, 11) is -0.719. The second kappa shape index (κ2) is 14.4. The lowest BCUT2D eigenvalue weighted by Gasteiger charge is -2.22. The Hall–Kier alpha value is -4.02. The summed E-state index contributed by atoms with van der Waals surface area (Å²) in [4.78, 5) is 29.7. The van der Waals surface area contributed by atoms with Crippen LogP contribution in [0.25, 0.3) is 0 Å². The van der Waals surface area contributed by atoms with Gasteiger partial charge in [-0.25, -0.2) is 4.39 Å². The second-order valence-electron chi connectivity index (χ2n) is 9.68. The quantitative estimate of drug-likeness (QED) is 0.168. The third kappa shape index (κ3) is 7.88. The van der Waals surface area contributed by atoms with Crippen molar-refractivity contribution in [2.75, 3.05) is 37.2 Å². The fraction of sp³-hybridized carbons (Fsp3) is 0.259. The largest absolute Gasteiger partial charge is 0.489 e. The van der Waals surface area contributed by atoms with Gasteiger partial charge in [0, 0.05) is 47.5 Å². The van der Waals surface area contributed by atoms with E-state index in [0.717, 1.165) is 12.5 Å². The van der Waals surface area contributed by atoms with Gasteiger partial charge in [0.2, 0.25) is 0 Å². The summed E-state index contributed by atoms with van der Waals surface area (Å²) in [6, 6.07) is 8.95. The third-order valence-electron chi connectivity index (χ3n) is 6.79. The molecule has 1 saturated heterocycles. The molecule has 2 amide bonds. The number of nitrogen functional groups attached to an aromatic ring is 1. The Balaban J connectivity index is 1.47. The molecule has 1 aliphatic heterocycles. The molecule has 0 spiro atoms. The molecule has 5 N–H and O–H groups in total. The number of halogens is 3.